The lowest BCUT2D eigenvalue weighted by Gasteiger charge is -2.29. The molecule has 0 amide bonds. The van der Waals surface area contributed by atoms with Crippen molar-refractivity contribution in [2.75, 3.05) is 16.5 Å². The van der Waals surface area contributed by atoms with Gasteiger partial charge in [-0.1, -0.05) is 78.8 Å². The third kappa shape index (κ3) is 6.57. The van der Waals surface area contributed by atoms with Crippen molar-refractivity contribution in [1.29, 1.82) is 0 Å². The fourth-order valence-electron chi connectivity index (χ4n) is 8.16. The number of hydrogen-bond donors (Lipinski definition) is 0. The molecule has 0 radical (unpaired) electrons. The smallest absolute Gasteiger partial charge is 0.158 e. The molecule has 4 aromatic carbocycles. The Morgan fingerprint density at radius 2 is 1.33 bits per heavy atom. The quantitative estimate of drug-likeness (QED) is 0.154. The zero-order valence-electron chi connectivity index (χ0n) is 33.7. The van der Waals surface area contributed by atoms with E-state index >= 15 is 0 Å². The Labute approximate surface area is 335 Å². The Morgan fingerprint density at radius 1 is 0.596 bits per heavy atom. The summed E-state index contributed by atoms with van der Waals surface area (Å²) in [5.74, 6) is 3.93. The summed E-state index contributed by atoms with van der Waals surface area (Å²) in [4.78, 5) is 19.3. The van der Waals surface area contributed by atoms with Gasteiger partial charge < -0.3 is 14.5 Å². The van der Waals surface area contributed by atoms with E-state index in [0.717, 1.165) is 62.2 Å². The average Bonchev–Trinajstić information content (AvgIpc) is 3.76. The first-order chi connectivity index (χ1) is 27.5. The number of rotatable bonds is 8. The zero-order chi connectivity index (χ0) is 39.4. The SMILES string of the molecule is CC(C)c1cc(-c2ccccn2)cc(C(C)C)c1N1CN(c2cccc(Oc3ccc4c5ccccc5n(-c5cc(C(C)(C)C)ccn5)c4c3)c2)c2cccnc21. The number of anilines is 4. The Bertz CT molecular complexity index is 2730. The largest absolute Gasteiger partial charge is 0.457 e. The molecule has 57 heavy (non-hydrogen) atoms. The van der Waals surface area contributed by atoms with Gasteiger partial charge in [0.25, 0.3) is 0 Å². The third-order valence-electron chi connectivity index (χ3n) is 11.1. The molecule has 284 valence electrons. The van der Waals surface area contributed by atoms with Gasteiger partial charge in [0.15, 0.2) is 5.82 Å². The van der Waals surface area contributed by atoms with Gasteiger partial charge in [0.2, 0.25) is 0 Å². The van der Waals surface area contributed by atoms with Crippen molar-refractivity contribution in [3.63, 3.8) is 0 Å². The highest BCUT2D eigenvalue weighted by Crippen LogP contribution is 2.49. The summed E-state index contributed by atoms with van der Waals surface area (Å²) in [6.07, 6.45) is 5.68. The molecule has 7 nitrogen and oxygen atoms in total. The van der Waals surface area contributed by atoms with Gasteiger partial charge in [-0.2, -0.15) is 0 Å². The summed E-state index contributed by atoms with van der Waals surface area (Å²) in [6, 6.07) is 42.5. The first-order valence-electron chi connectivity index (χ1n) is 19.9. The molecule has 0 bridgehead atoms. The zero-order valence-corrected chi connectivity index (χ0v) is 33.7. The maximum atomic E-state index is 6.71. The van der Waals surface area contributed by atoms with Crippen molar-refractivity contribution in [1.82, 2.24) is 19.5 Å². The Hall–Kier alpha value is -6.47. The first kappa shape index (κ1) is 36.2. The summed E-state index contributed by atoms with van der Waals surface area (Å²) in [6.45, 7) is 16.4. The molecule has 0 unspecified atom stereocenters. The van der Waals surface area contributed by atoms with Crippen LogP contribution in [0.4, 0.5) is 22.9 Å². The predicted octanol–water partition coefficient (Wildman–Crippen LogP) is 13.2. The lowest BCUT2D eigenvalue weighted by atomic mass is 9.88. The van der Waals surface area contributed by atoms with Crippen LogP contribution in [-0.2, 0) is 5.41 Å². The number of pyridine rings is 3. The van der Waals surface area contributed by atoms with E-state index in [1.54, 1.807) is 0 Å². The molecule has 1 aliphatic rings. The second-order valence-corrected chi connectivity index (χ2v) is 16.7. The molecule has 0 saturated carbocycles. The summed E-state index contributed by atoms with van der Waals surface area (Å²) in [7, 11) is 0. The van der Waals surface area contributed by atoms with Crippen molar-refractivity contribution in [3.05, 3.63) is 157 Å². The molecule has 5 heterocycles. The number of hydrogen-bond acceptors (Lipinski definition) is 6. The number of aromatic nitrogens is 4. The summed E-state index contributed by atoms with van der Waals surface area (Å²) in [5.41, 5.74) is 11.4. The van der Waals surface area contributed by atoms with E-state index in [4.69, 9.17) is 19.7 Å². The van der Waals surface area contributed by atoms with Crippen LogP contribution in [0.5, 0.6) is 11.5 Å². The van der Waals surface area contributed by atoms with E-state index in [-0.39, 0.29) is 17.3 Å². The predicted molar refractivity (Wildman–Crippen MR) is 235 cm³/mol. The van der Waals surface area contributed by atoms with Crippen LogP contribution in [-0.4, -0.2) is 26.2 Å². The minimum absolute atomic E-state index is 0.00315. The maximum absolute atomic E-state index is 6.71. The van der Waals surface area contributed by atoms with Crippen molar-refractivity contribution >= 4 is 44.7 Å². The highest BCUT2D eigenvalue weighted by molar-refractivity contribution is 6.09. The lowest BCUT2D eigenvalue weighted by molar-refractivity contribution is 0.483. The second kappa shape index (κ2) is 14.2. The topological polar surface area (TPSA) is 59.3 Å². The molecule has 0 saturated heterocycles. The van der Waals surface area contributed by atoms with Gasteiger partial charge in [0, 0.05) is 52.7 Å². The highest BCUT2D eigenvalue weighted by atomic mass is 16.5. The second-order valence-electron chi connectivity index (χ2n) is 16.7. The fraction of sp³-hybridized carbons (Fsp3) is 0.220. The van der Waals surface area contributed by atoms with E-state index in [0.29, 0.717) is 6.67 Å². The van der Waals surface area contributed by atoms with Crippen LogP contribution >= 0.6 is 0 Å². The van der Waals surface area contributed by atoms with Crippen LogP contribution in [0.1, 0.15) is 77.0 Å². The summed E-state index contributed by atoms with van der Waals surface area (Å²) in [5, 5.41) is 2.34. The van der Waals surface area contributed by atoms with Gasteiger partial charge in [0.05, 0.1) is 28.1 Å². The molecule has 8 aromatic rings. The average molecular weight is 749 g/mol. The number of ether oxygens (including phenoxy) is 1. The van der Waals surface area contributed by atoms with E-state index in [2.05, 4.69) is 166 Å². The van der Waals surface area contributed by atoms with E-state index < -0.39 is 0 Å². The maximum Gasteiger partial charge on any atom is 0.158 e. The van der Waals surface area contributed by atoms with Crippen molar-refractivity contribution in [3.8, 4) is 28.6 Å². The number of para-hydroxylation sites is 1. The van der Waals surface area contributed by atoms with E-state index in [1.807, 2.05) is 36.8 Å². The van der Waals surface area contributed by atoms with Gasteiger partial charge in [-0.15, -0.1) is 0 Å². The molecule has 0 fully saturated rings. The van der Waals surface area contributed by atoms with Crippen LogP contribution in [0.3, 0.4) is 0 Å². The van der Waals surface area contributed by atoms with Gasteiger partial charge in [-0.3, -0.25) is 9.55 Å². The fourth-order valence-corrected chi connectivity index (χ4v) is 8.16. The molecule has 0 aliphatic carbocycles. The summed E-state index contributed by atoms with van der Waals surface area (Å²) < 4.78 is 8.97. The van der Waals surface area contributed by atoms with Crippen LogP contribution < -0.4 is 14.5 Å². The Kier molecular flexibility index (Phi) is 9.04. The van der Waals surface area contributed by atoms with Gasteiger partial charge in [-0.25, -0.2) is 9.97 Å². The minimum Gasteiger partial charge on any atom is -0.457 e. The normalized spacial score (nSPS) is 13.0. The molecular formula is C50H48N6O. The minimum atomic E-state index is -0.00315. The monoisotopic (exact) mass is 748 g/mol. The standard InChI is InChI=1S/C50H48N6O/c1-32(2)41-26-34(43-17-10-11-23-51-43)27-42(33(3)4)48(41)55-31-54(45-19-13-24-53-49(45)55)36-14-12-15-37(29-36)57-38-20-21-40-39-16-8-9-18-44(39)56(46(40)30-38)47-28-35(22-25-52-47)50(5,6)7/h8-30,32-33H,31H2,1-7H3. The highest BCUT2D eigenvalue weighted by Gasteiger charge is 2.33. The number of benzene rings is 4. The molecular weight excluding hydrogens is 701 g/mol. The molecule has 7 heteroatoms. The number of nitrogens with zero attached hydrogens (tertiary/aromatic N) is 6. The van der Waals surface area contributed by atoms with E-state index in [1.165, 1.54) is 27.8 Å². The van der Waals surface area contributed by atoms with E-state index in [9.17, 15) is 0 Å². The van der Waals surface area contributed by atoms with Gasteiger partial charge in [0.1, 0.15) is 24.0 Å². The lowest BCUT2D eigenvalue weighted by Crippen LogP contribution is -2.26. The summed E-state index contributed by atoms with van der Waals surface area (Å²) >= 11 is 0. The van der Waals surface area contributed by atoms with Crippen LogP contribution in [0.25, 0.3) is 38.9 Å². The van der Waals surface area contributed by atoms with Crippen molar-refractivity contribution in [2.45, 2.75) is 65.7 Å². The van der Waals surface area contributed by atoms with Crippen LogP contribution in [0.15, 0.2) is 140 Å². The number of fused-ring (bicyclic) bond motifs is 4. The van der Waals surface area contributed by atoms with Gasteiger partial charge >= 0.3 is 0 Å². The third-order valence-corrected chi connectivity index (χ3v) is 11.1. The van der Waals surface area contributed by atoms with Crippen molar-refractivity contribution in [2.24, 2.45) is 0 Å². The molecule has 1 aliphatic heterocycles. The molecule has 0 spiro atoms. The molecule has 4 aromatic heterocycles. The molecule has 0 N–H and O–H groups in total. The molecule has 0 atom stereocenters. The van der Waals surface area contributed by atoms with Gasteiger partial charge in [-0.05, 0) is 113 Å². The Morgan fingerprint density at radius 3 is 2.09 bits per heavy atom. The Balaban J connectivity index is 1.09. The van der Waals surface area contributed by atoms with Crippen LogP contribution in [0.2, 0.25) is 0 Å². The van der Waals surface area contributed by atoms with Crippen molar-refractivity contribution < 1.29 is 4.74 Å². The molecule has 9 rings (SSSR count). The first-order valence-corrected chi connectivity index (χ1v) is 19.9. The van der Waals surface area contributed by atoms with Crippen LogP contribution in [0, 0.1) is 0 Å².